The number of carbonyl (C=O) groups is 2. The molecule has 0 bridgehead atoms. The molecule has 37 heavy (non-hydrogen) atoms. The molecule has 0 aliphatic rings. The van der Waals surface area contributed by atoms with E-state index in [-0.39, 0.29) is 17.3 Å². The summed E-state index contributed by atoms with van der Waals surface area (Å²) in [6.45, 7) is 3.85. The maximum atomic E-state index is 13.6. The second-order valence-electron chi connectivity index (χ2n) is 8.76. The molecule has 0 fully saturated rings. The first-order valence-corrected chi connectivity index (χ1v) is 14.2. The van der Waals surface area contributed by atoms with Crippen LogP contribution in [0.4, 0.5) is 0 Å². The van der Waals surface area contributed by atoms with Crippen molar-refractivity contribution in [1.29, 1.82) is 0 Å². The molecule has 10 heteroatoms. The number of halogens is 2. The van der Waals surface area contributed by atoms with Crippen LogP contribution < -0.4 is 5.32 Å². The molecule has 2 amide bonds. The van der Waals surface area contributed by atoms with Gasteiger partial charge in [0.15, 0.2) is 0 Å². The molecule has 0 saturated carbocycles. The van der Waals surface area contributed by atoms with E-state index >= 15 is 0 Å². The van der Waals surface area contributed by atoms with Gasteiger partial charge in [0.1, 0.15) is 6.04 Å². The minimum Gasteiger partial charge on any atom is -0.354 e. The molecule has 3 aromatic carbocycles. The van der Waals surface area contributed by atoms with Crippen molar-refractivity contribution in [3.05, 3.63) is 76.3 Å². The van der Waals surface area contributed by atoms with Crippen LogP contribution in [0.15, 0.2) is 65.6 Å². The smallest absolute Gasteiger partial charge is 0.243 e. The van der Waals surface area contributed by atoms with Crippen LogP contribution in [-0.4, -0.2) is 55.6 Å². The van der Waals surface area contributed by atoms with E-state index in [0.717, 1.165) is 21.5 Å². The van der Waals surface area contributed by atoms with Gasteiger partial charge in [-0.2, -0.15) is 4.31 Å². The Labute approximate surface area is 228 Å². The van der Waals surface area contributed by atoms with Crippen molar-refractivity contribution >= 4 is 55.8 Å². The summed E-state index contributed by atoms with van der Waals surface area (Å²) in [6.07, 6.45) is 1.10. The zero-order valence-electron chi connectivity index (χ0n) is 21.1. The molecule has 3 rings (SSSR count). The van der Waals surface area contributed by atoms with Crippen LogP contribution in [0, 0.1) is 0 Å². The molecule has 0 heterocycles. The van der Waals surface area contributed by atoms with Crippen molar-refractivity contribution in [3.8, 4) is 0 Å². The topological polar surface area (TPSA) is 86.8 Å². The van der Waals surface area contributed by atoms with Gasteiger partial charge in [-0.3, -0.25) is 9.59 Å². The second kappa shape index (κ2) is 12.7. The monoisotopic (exact) mass is 563 g/mol. The van der Waals surface area contributed by atoms with Gasteiger partial charge in [0.2, 0.25) is 21.8 Å². The van der Waals surface area contributed by atoms with E-state index in [2.05, 4.69) is 5.32 Å². The molecule has 3 aromatic rings. The Hall–Kier alpha value is -2.65. The van der Waals surface area contributed by atoms with E-state index in [1.165, 1.54) is 18.0 Å². The van der Waals surface area contributed by atoms with Crippen LogP contribution in [0.3, 0.4) is 0 Å². The molecule has 0 saturated heterocycles. The summed E-state index contributed by atoms with van der Waals surface area (Å²) in [5, 5.41) is 5.23. The van der Waals surface area contributed by atoms with Crippen molar-refractivity contribution in [2.45, 2.75) is 44.2 Å². The van der Waals surface area contributed by atoms with Gasteiger partial charge in [-0.1, -0.05) is 73.4 Å². The Balaban J connectivity index is 1.89. The largest absolute Gasteiger partial charge is 0.354 e. The molecule has 1 atom stereocenters. The van der Waals surface area contributed by atoms with Crippen molar-refractivity contribution < 1.29 is 18.0 Å². The highest BCUT2D eigenvalue weighted by Gasteiger charge is 2.31. The zero-order valence-corrected chi connectivity index (χ0v) is 23.4. The molecule has 0 radical (unpaired) electrons. The number of fused-ring (bicyclic) bond motifs is 1. The lowest BCUT2D eigenvalue weighted by atomic mass is 10.1. The maximum Gasteiger partial charge on any atom is 0.243 e. The van der Waals surface area contributed by atoms with Crippen LogP contribution in [-0.2, 0) is 26.2 Å². The van der Waals surface area contributed by atoms with Gasteiger partial charge in [0, 0.05) is 20.1 Å². The summed E-state index contributed by atoms with van der Waals surface area (Å²) in [7, 11) is -2.61. The first-order valence-electron chi connectivity index (χ1n) is 12.0. The Kier molecular flexibility index (Phi) is 9.95. The number of rotatable bonds is 11. The first-order chi connectivity index (χ1) is 17.6. The van der Waals surface area contributed by atoms with Gasteiger partial charge in [0.05, 0.1) is 21.5 Å². The molecule has 1 N–H and O–H groups in total. The lowest BCUT2D eigenvalue weighted by molar-refractivity contribution is -0.141. The maximum absolute atomic E-state index is 13.6. The molecule has 0 spiro atoms. The van der Waals surface area contributed by atoms with Crippen molar-refractivity contribution in [2.24, 2.45) is 0 Å². The first kappa shape index (κ1) is 28.9. The minimum absolute atomic E-state index is 0.0671. The predicted molar refractivity (Wildman–Crippen MR) is 148 cm³/mol. The van der Waals surface area contributed by atoms with Crippen LogP contribution in [0.25, 0.3) is 10.8 Å². The Bertz CT molecular complexity index is 1380. The lowest BCUT2D eigenvalue weighted by Gasteiger charge is -2.32. The minimum atomic E-state index is -3.96. The van der Waals surface area contributed by atoms with Gasteiger partial charge < -0.3 is 10.2 Å². The molecule has 0 aliphatic carbocycles. The zero-order chi connectivity index (χ0) is 27.2. The lowest BCUT2D eigenvalue weighted by Crippen LogP contribution is -2.51. The van der Waals surface area contributed by atoms with E-state index in [0.29, 0.717) is 28.6 Å². The number of hydrogen-bond acceptors (Lipinski definition) is 4. The van der Waals surface area contributed by atoms with E-state index in [4.69, 9.17) is 23.2 Å². The summed E-state index contributed by atoms with van der Waals surface area (Å²) in [6, 6.07) is 16.5. The van der Waals surface area contributed by atoms with E-state index in [1.807, 2.05) is 31.2 Å². The average molecular weight is 565 g/mol. The third kappa shape index (κ3) is 7.02. The molecule has 7 nitrogen and oxygen atoms in total. The number of benzene rings is 3. The Morgan fingerprint density at radius 2 is 1.65 bits per heavy atom. The highest BCUT2D eigenvalue weighted by Crippen LogP contribution is 2.25. The van der Waals surface area contributed by atoms with Crippen LogP contribution in [0.5, 0.6) is 0 Å². The number of likely N-dealkylation sites (N-methyl/N-ethyl adjacent to an activating group) is 1. The Morgan fingerprint density at radius 1 is 0.946 bits per heavy atom. The second-order valence-corrected chi connectivity index (χ2v) is 11.6. The van der Waals surface area contributed by atoms with E-state index in [9.17, 15) is 18.0 Å². The SMILES string of the molecule is CCCNC(=O)C(CC)N(Cc1ccc(Cl)c(Cl)c1)C(=O)CN(C)S(=O)(=O)c1ccc2ccccc2c1. The molecular formula is C27H31Cl2N3O4S. The number of amides is 2. The van der Waals surface area contributed by atoms with Gasteiger partial charge in [-0.25, -0.2) is 8.42 Å². The highest BCUT2D eigenvalue weighted by molar-refractivity contribution is 7.89. The summed E-state index contributed by atoms with van der Waals surface area (Å²) in [5.74, 6) is -0.797. The number of hydrogen-bond donors (Lipinski definition) is 1. The van der Waals surface area contributed by atoms with E-state index < -0.39 is 28.5 Å². The fourth-order valence-electron chi connectivity index (χ4n) is 3.99. The summed E-state index contributed by atoms with van der Waals surface area (Å²) >= 11 is 12.2. The Morgan fingerprint density at radius 3 is 2.30 bits per heavy atom. The van der Waals surface area contributed by atoms with Crippen LogP contribution >= 0.6 is 23.2 Å². The summed E-state index contributed by atoms with van der Waals surface area (Å²) in [5.41, 5.74) is 0.671. The van der Waals surface area contributed by atoms with Crippen molar-refractivity contribution in [3.63, 3.8) is 0 Å². The summed E-state index contributed by atoms with van der Waals surface area (Å²) < 4.78 is 27.7. The fraction of sp³-hybridized carbons (Fsp3) is 0.333. The molecular weight excluding hydrogens is 533 g/mol. The normalized spacial score (nSPS) is 12.5. The van der Waals surface area contributed by atoms with Crippen molar-refractivity contribution in [1.82, 2.24) is 14.5 Å². The fourth-order valence-corrected chi connectivity index (χ4v) is 5.47. The summed E-state index contributed by atoms with van der Waals surface area (Å²) in [4.78, 5) is 28.0. The third-order valence-electron chi connectivity index (χ3n) is 6.06. The van der Waals surface area contributed by atoms with Crippen LogP contribution in [0.2, 0.25) is 10.0 Å². The van der Waals surface area contributed by atoms with Gasteiger partial charge in [-0.15, -0.1) is 0 Å². The number of nitrogens with zero attached hydrogens (tertiary/aromatic N) is 2. The van der Waals surface area contributed by atoms with Crippen molar-refractivity contribution in [2.75, 3.05) is 20.1 Å². The van der Waals surface area contributed by atoms with Crippen LogP contribution in [0.1, 0.15) is 32.3 Å². The standard InChI is InChI=1S/C27H31Cl2N3O4S/c1-4-14-30-27(34)25(5-2)32(17-19-10-13-23(28)24(29)15-19)26(33)18-31(3)37(35,36)22-12-11-20-8-6-7-9-21(20)16-22/h6-13,15-16,25H,4-5,14,17-18H2,1-3H3,(H,30,34). The molecule has 198 valence electrons. The van der Waals surface area contributed by atoms with Gasteiger partial charge in [-0.05, 0) is 53.4 Å². The molecule has 0 aromatic heterocycles. The number of sulfonamides is 1. The quantitative estimate of drug-likeness (QED) is 0.351. The molecule has 1 unspecified atom stereocenters. The van der Waals surface area contributed by atoms with E-state index in [1.54, 1.807) is 37.3 Å². The highest BCUT2D eigenvalue weighted by atomic mass is 35.5. The average Bonchev–Trinajstić information content (AvgIpc) is 2.88. The predicted octanol–water partition coefficient (Wildman–Crippen LogP) is 5.10. The van der Waals surface area contributed by atoms with Gasteiger partial charge in [0.25, 0.3) is 0 Å². The van der Waals surface area contributed by atoms with Gasteiger partial charge >= 0.3 is 0 Å². The molecule has 0 aliphatic heterocycles. The number of carbonyl (C=O) groups excluding carboxylic acids is 2. The third-order valence-corrected chi connectivity index (χ3v) is 8.60. The number of nitrogens with one attached hydrogen (secondary N) is 1.